The lowest BCUT2D eigenvalue weighted by atomic mass is 9.98. The number of ether oxygens (including phenoxy) is 1. The first-order chi connectivity index (χ1) is 9.24. The van der Waals surface area contributed by atoms with E-state index < -0.39 is 12.1 Å². The van der Waals surface area contributed by atoms with Crippen molar-refractivity contribution >= 4 is 23.2 Å². The van der Waals surface area contributed by atoms with Gasteiger partial charge in [0, 0.05) is 17.3 Å². The number of aromatic nitrogens is 1. The van der Waals surface area contributed by atoms with Crippen LogP contribution in [0.25, 0.3) is 0 Å². The van der Waals surface area contributed by atoms with E-state index in [0.29, 0.717) is 5.69 Å². The maximum Gasteiger partial charge on any atom is 0.308 e. The predicted octanol–water partition coefficient (Wildman–Crippen LogP) is 1.09. The van der Waals surface area contributed by atoms with Crippen LogP contribution in [0.2, 0.25) is 0 Å². The highest BCUT2D eigenvalue weighted by atomic mass is 32.1. The molecule has 0 saturated carbocycles. The molecule has 112 valence electrons. The number of esters is 1. The van der Waals surface area contributed by atoms with Gasteiger partial charge in [-0.25, -0.2) is 4.98 Å². The number of hydrogen-bond acceptors (Lipinski definition) is 6. The van der Waals surface area contributed by atoms with Crippen LogP contribution in [0.3, 0.4) is 0 Å². The zero-order valence-electron chi connectivity index (χ0n) is 12.1. The molecule has 1 atom stereocenters. The third kappa shape index (κ3) is 4.90. The molecule has 0 spiro atoms. The molecule has 1 aromatic heterocycles. The van der Waals surface area contributed by atoms with E-state index in [0.717, 1.165) is 5.01 Å². The van der Waals surface area contributed by atoms with Crippen LogP contribution in [0.1, 0.15) is 42.7 Å². The summed E-state index contributed by atoms with van der Waals surface area (Å²) in [5.74, 6) is -0.879. The van der Waals surface area contributed by atoms with Crippen molar-refractivity contribution in [3.63, 3.8) is 0 Å². The molecule has 7 heteroatoms. The van der Waals surface area contributed by atoms with Crippen molar-refractivity contribution in [2.24, 2.45) is 0 Å². The highest BCUT2D eigenvalue weighted by Gasteiger charge is 2.20. The van der Waals surface area contributed by atoms with E-state index in [1.807, 2.05) is 20.8 Å². The smallest absolute Gasteiger partial charge is 0.308 e. The van der Waals surface area contributed by atoms with Crippen LogP contribution < -0.4 is 5.32 Å². The third-order valence-electron chi connectivity index (χ3n) is 2.51. The number of thiazole rings is 1. The second-order valence-electron chi connectivity index (χ2n) is 5.43. The first-order valence-electron chi connectivity index (χ1n) is 6.23. The molecule has 1 heterocycles. The van der Waals surface area contributed by atoms with E-state index in [9.17, 15) is 14.7 Å². The summed E-state index contributed by atoms with van der Waals surface area (Å²) in [6.07, 6.45) is -1.12. The summed E-state index contributed by atoms with van der Waals surface area (Å²) in [6.45, 7) is 6.05. The summed E-state index contributed by atoms with van der Waals surface area (Å²) in [4.78, 5) is 27.1. The van der Waals surface area contributed by atoms with Gasteiger partial charge in [-0.1, -0.05) is 20.8 Å². The number of carbonyl (C=O) groups excluding carboxylic acids is 2. The number of rotatable bonds is 5. The van der Waals surface area contributed by atoms with Gasteiger partial charge in [0.05, 0.1) is 24.6 Å². The van der Waals surface area contributed by atoms with Crippen LogP contribution >= 0.6 is 11.3 Å². The van der Waals surface area contributed by atoms with Gasteiger partial charge in [-0.2, -0.15) is 0 Å². The van der Waals surface area contributed by atoms with Crippen LogP contribution in [0.5, 0.6) is 0 Å². The average molecular weight is 300 g/mol. The Hall–Kier alpha value is -1.47. The summed E-state index contributed by atoms with van der Waals surface area (Å²) in [5, 5.41) is 14.6. The Morgan fingerprint density at radius 2 is 2.15 bits per heavy atom. The fraction of sp³-hybridized carbons (Fsp3) is 0.615. The van der Waals surface area contributed by atoms with E-state index >= 15 is 0 Å². The third-order valence-corrected chi connectivity index (χ3v) is 3.77. The minimum absolute atomic E-state index is 0.0175. The van der Waals surface area contributed by atoms with Gasteiger partial charge in [0.15, 0.2) is 0 Å². The summed E-state index contributed by atoms with van der Waals surface area (Å²) >= 11 is 1.42. The molecule has 0 aliphatic rings. The topological polar surface area (TPSA) is 88.5 Å². The maximum absolute atomic E-state index is 11.9. The first-order valence-corrected chi connectivity index (χ1v) is 7.11. The van der Waals surface area contributed by atoms with Gasteiger partial charge < -0.3 is 15.2 Å². The van der Waals surface area contributed by atoms with Gasteiger partial charge in [-0.15, -0.1) is 11.3 Å². The Balaban J connectivity index is 2.51. The Morgan fingerprint density at radius 1 is 1.50 bits per heavy atom. The summed E-state index contributed by atoms with van der Waals surface area (Å²) in [7, 11) is 1.25. The average Bonchev–Trinajstić information content (AvgIpc) is 2.85. The SMILES string of the molecule is COC(=O)CC(O)CNC(=O)c1csc(C(C)(C)C)n1. The van der Waals surface area contributed by atoms with Crippen molar-refractivity contribution in [3.8, 4) is 0 Å². The minimum atomic E-state index is -0.966. The number of carbonyl (C=O) groups is 2. The van der Waals surface area contributed by atoms with Gasteiger partial charge in [-0.3, -0.25) is 9.59 Å². The number of hydrogen-bond donors (Lipinski definition) is 2. The van der Waals surface area contributed by atoms with Gasteiger partial charge >= 0.3 is 5.97 Å². The molecule has 2 N–H and O–H groups in total. The molecular formula is C13H20N2O4S. The lowest BCUT2D eigenvalue weighted by Gasteiger charge is -2.13. The number of amides is 1. The lowest BCUT2D eigenvalue weighted by Crippen LogP contribution is -2.33. The fourth-order valence-electron chi connectivity index (χ4n) is 1.37. The summed E-state index contributed by atoms with van der Waals surface area (Å²) < 4.78 is 4.43. The first kappa shape index (κ1) is 16.6. The standard InChI is InChI=1S/C13H20N2O4S/c1-13(2,3)12-15-9(7-20-12)11(18)14-6-8(16)5-10(17)19-4/h7-8,16H,5-6H2,1-4H3,(H,14,18). The molecule has 6 nitrogen and oxygen atoms in total. The molecule has 0 bridgehead atoms. The van der Waals surface area contributed by atoms with Crippen molar-refractivity contribution < 1.29 is 19.4 Å². The highest BCUT2D eigenvalue weighted by molar-refractivity contribution is 7.10. The lowest BCUT2D eigenvalue weighted by molar-refractivity contribution is -0.142. The van der Waals surface area contributed by atoms with Gasteiger partial charge in [-0.05, 0) is 0 Å². The minimum Gasteiger partial charge on any atom is -0.469 e. The van der Waals surface area contributed by atoms with Gasteiger partial charge in [0.25, 0.3) is 5.91 Å². The van der Waals surface area contributed by atoms with Crippen molar-refractivity contribution in [3.05, 3.63) is 16.1 Å². The van der Waals surface area contributed by atoms with Crippen molar-refractivity contribution in [2.45, 2.75) is 38.7 Å². The molecule has 1 aromatic rings. The monoisotopic (exact) mass is 300 g/mol. The Bertz CT molecular complexity index is 479. The number of methoxy groups -OCH3 is 1. The molecule has 0 aromatic carbocycles. The van der Waals surface area contributed by atoms with Crippen molar-refractivity contribution in [1.82, 2.24) is 10.3 Å². The molecule has 0 aliphatic heterocycles. The van der Waals surface area contributed by atoms with E-state index in [1.54, 1.807) is 5.38 Å². The number of nitrogens with zero attached hydrogens (tertiary/aromatic N) is 1. The normalized spacial score (nSPS) is 12.8. The Morgan fingerprint density at radius 3 is 2.65 bits per heavy atom. The van der Waals surface area contributed by atoms with Gasteiger partial charge in [0.2, 0.25) is 0 Å². The maximum atomic E-state index is 11.9. The van der Waals surface area contributed by atoms with Crippen molar-refractivity contribution in [1.29, 1.82) is 0 Å². The highest BCUT2D eigenvalue weighted by Crippen LogP contribution is 2.25. The zero-order chi connectivity index (χ0) is 15.3. The predicted molar refractivity (Wildman–Crippen MR) is 75.8 cm³/mol. The molecule has 1 rings (SSSR count). The number of nitrogens with one attached hydrogen (secondary N) is 1. The molecule has 0 radical (unpaired) electrons. The molecule has 0 saturated heterocycles. The van der Waals surface area contributed by atoms with E-state index in [2.05, 4.69) is 15.0 Å². The fourth-order valence-corrected chi connectivity index (χ4v) is 2.26. The summed E-state index contributed by atoms with van der Waals surface area (Å²) in [5.41, 5.74) is 0.221. The quantitative estimate of drug-likeness (QED) is 0.795. The Labute approximate surface area is 122 Å². The van der Waals surface area contributed by atoms with E-state index in [4.69, 9.17) is 0 Å². The second kappa shape index (κ2) is 6.81. The summed E-state index contributed by atoms with van der Waals surface area (Å²) in [6, 6.07) is 0. The largest absolute Gasteiger partial charge is 0.469 e. The molecule has 0 aliphatic carbocycles. The van der Waals surface area contributed by atoms with Crippen LogP contribution in [0.4, 0.5) is 0 Å². The zero-order valence-corrected chi connectivity index (χ0v) is 12.9. The Kier molecular flexibility index (Phi) is 5.64. The number of aliphatic hydroxyl groups excluding tert-OH is 1. The molecule has 1 amide bonds. The number of aliphatic hydroxyl groups is 1. The molecule has 20 heavy (non-hydrogen) atoms. The molecule has 1 unspecified atom stereocenters. The van der Waals surface area contributed by atoms with Crippen LogP contribution in [0.15, 0.2) is 5.38 Å². The molecule has 0 fully saturated rings. The second-order valence-corrected chi connectivity index (χ2v) is 6.29. The van der Waals surface area contributed by atoms with Crippen LogP contribution in [-0.2, 0) is 14.9 Å². The van der Waals surface area contributed by atoms with Gasteiger partial charge in [0.1, 0.15) is 5.69 Å². The van der Waals surface area contributed by atoms with Crippen molar-refractivity contribution in [2.75, 3.05) is 13.7 Å². The van der Waals surface area contributed by atoms with E-state index in [1.165, 1.54) is 18.4 Å². The van der Waals surface area contributed by atoms with Crippen LogP contribution in [-0.4, -0.2) is 41.7 Å². The molecular weight excluding hydrogens is 280 g/mol. The van der Waals surface area contributed by atoms with E-state index in [-0.39, 0.29) is 24.3 Å². The van der Waals surface area contributed by atoms with Crippen LogP contribution in [0, 0.1) is 0 Å².